The molecule has 15 heteroatoms. The van der Waals surface area contributed by atoms with Crippen molar-refractivity contribution in [2.75, 3.05) is 27.3 Å². The summed E-state index contributed by atoms with van der Waals surface area (Å²) in [6.45, 7) is 8.91. The van der Waals surface area contributed by atoms with Crippen molar-refractivity contribution in [1.82, 2.24) is 45.4 Å². The molecule has 2 saturated heterocycles. The minimum atomic E-state index is -0.684. The second-order valence-corrected chi connectivity index (χ2v) is 18.1. The summed E-state index contributed by atoms with van der Waals surface area (Å²) in [5.74, 6) is 1.15. The fourth-order valence-electron chi connectivity index (χ4n) is 10.4. The number of alkyl carbamates (subject to hydrolysis) is 2. The van der Waals surface area contributed by atoms with Crippen LogP contribution in [0.1, 0.15) is 127 Å². The number of pyridine rings is 1. The van der Waals surface area contributed by atoms with Crippen LogP contribution in [0, 0.1) is 11.8 Å². The van der Waals surface area contributed by atoms with Crippen molar-refractivity contribution in [3.63, 3.8) is 0 Å². The van der Waals surface area contributed by atoms with E-state index in [0.29, 0.717) is 13.1 Å². The Morgan fingerprint density at radius 2 is 1.25 bits per heavy atom. The van der Waals surface area contributed by atoms with Crippen LogP contribution in [0.3, 0.4) is 0 Å². The predicted octanol–water partition coefficient (Wildman–Crippen LogP) is 6.98. The molecule has 2 bridgehead atoms. The SMILES string of the molecule is COC(=O)NC(C(=O)N1CCCC1c1ncc(-c2ccc3nc(C45CCC(c6cnc(C7CCCN7C(=O)C(NC(=O)OC)C(C)C)[nH]6)(CC4)CC5)ccc3c2)[nH]1)C(C)C. The van der Waals surface area contributed by atoms with Gasteiger partial charge in [-0.2, -0.15) is 0 Å². The van der Waals surface area contributed by atoms with Crippen LogP contribution >= 0.6 is 0 Å². The van der Waals surface area contributed by atoms with Gasteiger partial charge in [-0.25, -0.2) is 19.6 Å². The minimum absolute atomic E-state index is 0.0287. The molecule has 5 heterocycles. The summed E-state index contributed by atoms with van der Waals surface area (Å²) in [7, 11) is 2.61. The second kappa shape index (κ2) is 16.5. The van der Waals surface area contributed by atoms with Crippen LogP contribution in [-0.4, -0.2) is 98.1 Å². The van der Waals surface area contributed by atoms with Crippen LogP contribution < -0.4 is 10.6 Å². The molecule has 0 spiro atoms. The lowest BCUT2D eigenvalue weighted by molar-refractivity contribution is -0.136. The molecule has 5 aliphatic rings. The number of aromatic amines is 2. The highest BCUT2D eigenvalue weighted by Gasteiger charge is 2.52. The molecule has 3 saturated carbocycles. The number of H-pyrrole nitrogens is 2. The van der Waals surface area contributed by atoms with Gasteiger partial charge in [0.1, 0.15) is 23.7 Å². The Bertz CT molecular complexity index is 2220. The summed E-state index contributed by atoms with van der Waals surface area (Å²) in [6, 6.07) is 9.04. The number of carbonyl (C=O) groups is 4. The van der Waals surface area contributed by atoms with Crippen molar-refractivity contribution in [3.05, 3.63) is 65.8 Å². The molecule has 4 amide bonds. The largest absolute Gasteiger partial charge is 0.453 e. The standard InChI is InChI=1S/C45H59N9O6/c1-26(2)36(51-42(57)59-5)40(55)53-21-7-9-32(53)38-46-24-31(49-38)29-11-13-30-28(23-29)12-14-34(48-30)44-15-18-45(19-16-44,20-17-44)35-25-47-39(50-35)33-10-8-22-54(33)41(56)37(27(3)4)52-43(58)60-6/h11-14,23-27,32-33,36-37H,7-10,15-22H2,1-6H3,(H,46,49)(H,47,50)(H,51,57)(H,52,58). The van der Waals surface area contributed by atoms with E-state index in [1.54, 1.807) is 0 Å². The zero-order chi connectivity index (χ0) is 42.3. The number of benzene rings is 1. The Balaban J connectivity index is 0.931. The highest BCUT2D eigenvalue weighted by molar-refractivity contribution is 5.87. The van der Waals surface area contributed by atoms with Gasteiger partial charge in [0.25, 0.3) is 0 Å². The summed E-state index contributed by atoms with van der Waals surface area (Å²) < 4.78 is 9.58. The number of nitrogens with zero attached hydrogens (tertiary/aromatic N) is 5. The lowest BCUT2D eigenvalue weighted by Crippen LogP contribution is -2.51. The van der Waals surface area contributed by atoms with Crippen molar-refractivity contribution < 1.29 is 28.7 Å². The molecule has 5 fully saturated rings. The smallest absolute Gasteiger partial charge is 0.407 e. The number of fused-ring (bicyclic) bond motifs is 4. The molecule has 9 rings (SSSR count). The number of imidazole rings is 2. The lowest BCUT2D eigenvalue weighted by atomic mass is 9.52. The number of carbonyl (C=O) groups excluding carboxylic acids is 4. The van der Waals surface area contributed by atoms with Gasteiger partial charge in [0.2, 0.25) is 11.8 Å². The Morgan fingerprint density at radius 3 is 1.80 bits per heavy atom. The summed E-state index contributed by atoms with van der Waals surface area (Å²) in [5.41, 5.74) is 5.24. The predicted molar refractivity (Wildman–Crippen MR) is 225 cm³/mol. The number of amides is 4. The molecule has 4 unspecified atom stereocenters. The molecule has 0 radical (unpaired) electrons. The first-order valence-corrected chi connectivity index (χ1v) is 21.7. The molecule has 1 aromatic carbocycles. The Hall–Kier alpha value is -5.47. The highest BCUT2D eigenvalue weighted by Crippen LogP contribution is 2.58. The molecule has 2 aliphatic heterocycles. The third-order valence-electron chi connectivity index (χ3n) is 14.0. The van der Waals surface area contributed by atoms with Crippen molar-refractivity contribution in [2.24, 2.45) is 11.8 Å². The minimum Gasteiger partial charge on any atom is -0.453 e. The van der Waals surface area contributed by atoms with Gasteiger partial charge in [-0.05, 0) is 94.2 Å². The lowest BCUT2D eigenvalue weighted by Gasteiger charge is -2.53. The zero-order valence-corrected chi connectivity index (χ0v) is 35.7. The Morgan fingerprint density at radius 1 is 0.717 bits per heavy atom. The molecule has 15 nitrogen and oxygen atoms in total. The summed E-state index contributed by atoms with van der Waals surface area (Å²) in [4.78, 5) is 77.2. The third kappa shape index (κ3) is 7.59. The monoisotopic (exact) mass is 821 g/mol. The highest BCUT2D eigenvalue weighted by atomic mass is 16.5. The normalized spacial score (nSPS) is 24.9. The molecule has 4 aromatic rings. The fraction of sp³-hybridized carbons (Fsp3) is 0.578. The number of nitrogens with one attached hydrogen (secondary N) is 4. The Kier molecular flexibility index (Phi) is 11.4. The maximum absolute atomic E-state index is 13.7. The average molecular weight is 822 g/mol. The van der Waals surface area contributed by atoms with Crippen LogP contribution in [0.15, 0.2) is 42.7 Å². The van der Waals surface area contributed by atoms with E-state index in [-0.39, 0.29) is 46.6 Å². The van der Waals surface area contributed by atoms with Gasteiger partial charge in [-0.3, -0.25) is 14.6 Å². The van der Waals surface area contributed by atoms with Gasteiger partial charge in [0.05, 0.1) is 43.7 Å². The van der Waals surface area contributed by atoms with Crippen LogP contribution in [-0.2, 0) is 29.9 Å². The van der Waals surface area contributed by atoms with Crippen LogP contribution in [0.4, 0.5) is 9.59 Å². The number of ether oxygens (including phenoxy) is 2. The number of hydrogen-bond donors (Lipinski definition) is 4. The van der Waals surface area contributed by atoms with Gasteiger partial charge in [0.15, 0.2) is 0 Å². The van der Waals surface area contributed by atoms with Crippen molar-refractivity contribution in [2.45, 2.75) is 127 Å². The van der Waals surface area contributed by atoms with Gasteiger partial charge in [-0.1, -0.05) is 39.8 Å². The van der Waals surface area contributed by atoms with Crippen molar-refractivity contribution in [3.8, 4) is 11.3 Å². The summed E-state index contributed by atoms with van der Waals surface area (Å²) in [5, 5.41) is 6.51. The van der Waals surface area contributed by atoms with Gasteiger partial charge in [-0.15, -0.1) is 0 Å². The number of hydrogen-bond acceptors (Lipinski definition) is 9. The van der Waals surface area contributed by atoms with E-state index in [1.165, 1.54) is 19.9 Å². The average Bonchev–Trinajstić information content (AvgIpc) is 4.11. The van der Waals surface area contributed by atoms with E-state index in [1.807, 2.05) is 49.9 Å². The zero-order valence-electron chi connectivity index (χ0n) is 35.7. The maximum atomic E-state index is 13.7. The first-order valence-electron chi connectivity index (χ1n) is 21.7. The van der Waals surface area contributed by atoms with E-state index in [0.717, 1.165) is 104 Å². The fourth-order valence-corrected chi connectivity index (χ4v) is 10.4. The van der Waals surface area contributed by atoms with Gasteiger partial charge >= 0.3 is 12.2 Å². The molecule has 3 aliphatic carbocycles. The molecular weight excluding hydrogens is 763 g/mol. The van der Waals surface area contributed by atoms with E-state index < -0.39 is 24.3 Å². The number of aromatic nitrogens is 5. The molecule has 4 N–H and O–H groups in total. The summed E-state index contributed by atoms with van der Waals surface area (Å²) >= 11 is 0. The molecule has 60 heavy (non-hydrogen) atoms. The van der Waals surface area contributed by atoms with E-state index in [2.05, 4.69) is 50.9 Å². The first-order chi connectivity index (χ1) is 28.8. The number of rotatable bonds is 11. The Labute approximate surface area is 351 Å². The van der Waals surface area contributed by atoms with Crippen LogP contribution in [0.2, 0.25) is 0 Å². The van der Waals surface area contributed by atoms with E-state index in [9.17, 15) is 19.2 Å². The summed E-state index contributed by atoms with van der Waals surface area (Å²) in [6.07, 6.45) is 12.3. The van der Waals surface area contributed by atoms with Gasteiger partial charge in [0, 0.05) is 52.5 Å². The molecule has 3 aromatic heterocycles. The quantitative estimate of drug-likeness (QED) is 0.124. The molecular formula is C45H59N9O6. The third-order valence-corrected chi connectivity index (χ3v) is 14.0. The maximum Gasteiger partial charge on any atom is 0.407 e. The van der Waals surface area contributed by atoms with Gasteiger partial charge < -0.3 is 39.9 Å². The molecule has 4 atom stereocenters. The first kappa shape index (κ1) is 41.3. The van der Waals surface area contributed by atoms with Crippen molar-refractivity contribution in [1.29, 1.82) is 0 Å². The molecule has 320 valence electrons. The van der Waals surface area contributed by atoms with Crippen LogP contribution in [0.5, 0.6) is 0 Å². The van der Waals surface area contributed by atoms with Crippen LogP contribution in [0.25, 0.3) is 22.2 Å². The van der Waals surface area contributed by atoms with E-state index in [4.69, 9.17) is 24.4 Å². The second-order valence-electron chi connectivity index (χ2n) is 18.1. The number of likely N-dealkylation sites (tertiary alicyclic amines) is 2. The topological polar surface area (TPSA) is 188 Å². The number of methoxy groups -OCH3 is 2. The van der Waals surface area contributed by atoms with E-state index >= 15 is 0 Å². The van der Waals surface area contributed by atoms with Crippen molar-refractivity contribution >= 4 is 34.9 Å².